The Morgan fingerprint density at radius 3 is 2.60 bits per heavy atom. The van der Waals surface area contributed by atoms with Gasteiger partial charge in [-0.15, -0.1) is 10.2 Å². The number of nitrogens with one attached hydrogen (secondary N) is 2. The molecule has 2 N–H and O–H groups in total. The third-order valence-corrected chi connectivity index (χ3v) is 5.69. The lowest BCUT2D eigenvalue weighted by atomic mass is 10.2. The zero-order chi connectivity index (χ0) is 21.5. The number of nitrogens with zero attached hydrogens (tertiary/aromatic N) is 3. The van der Waals surface area contributed by atoms with Crippen LogP contribution in [0.2, 0.25) is 0 Å². The molecule has 0 unspecified atom stereocenters. The van der Waals surface area contributed by atoms with Crippen molar-refractivity contribution >= 4 is 45.2 Å². The van der Waals surface area contributed by atoms with E-state index in [0.717, 1.165) is 10.2 Å². The number of methoxy groups -OCH3 is 1. The first-order valence-electron chi connectivity index (χ1n) is 8.95. The number of anilines is 1. The number of para-hydroxylation sites is 1. The molecule has 0 aliphatic rings. The normalized spacial score (nSPS) is 10.5. The van der Waals surface area contributed by atoms with Gasteiger partial charge in [-0.1, -0.05) is 39.8 Å². The summed E-state index contributed by atoms with van der Waals surface area (Å²) in [6.07, 6.45) is 0. The zero-order valence-corrected chi connectivity index (χ0v) is 18.8. The number of benzene rings is 2. The molecule has 0 spiro atoms. The summed E-state index contributed by atoms with van der Waals surface area (Å²) in [5.41, 5.74) is 1.17. The van der Waals surface area contributed by atoms with Crippen molar-refractivity contribution in [3.8, 4) is 5.75 Å². The van der Waals surface area contributed by atoms with Crippen molar-refractivity contribution in [1.82, 2.24) is 20.1 Å². The van der Waals surface area contributed by atoms with E-state index in [9.17, 15) is 9.59 Å². The largest absolute Gasteiger partial charge is 0.496 e. The fraction of sp³-hybridized carbons (Fsp3) is 0.200. The van der Waals surface area contributed by atoms with Crippen LogP contribution in [0.3, 0.4) is 0 Å². The molecule has 0 saturated heterocycles. The van der Waals surface area contributed by atoms with Gasteiger partial charge in [0.05, 0.1) is 25.0 Å². The van der Waals surface area contributed by atoms with Crippen LogP contribution in [-0.2, 0) is 18.4 Å². The first kappa shape index (κ1) is 21.8. The van der Waals surface area contributed by atoms with Gasteiger partial charge in [-0.3, -0.25) is 9.59 Å². The Labute approximate surface area is 186 Å². The van der Waals surface area contributed by atoms with Gasteiger partial charge in [-0.05, 0) is 36.4 Å². The molecule has 10 heteroatoms. The van der Waals surface area contributed by atoms with Crippen LogP contribution < -0.4 is 15.4 Å². The third-order valence-electron chi connectivity index (χ3n) is 4.14. The maximum atomic E-state index is 12.4. The van der Waals surface area contributed by atoms with Gasteiger partial charge in [-0.2, -0.15) is 0 Å². The van der Waals surface area contributed by atoms with E-state index < -0.39 is 0 Å². The second-order valence-electron chi connectivity index (χ2n) is 6.18. The lowest BCUT2D eigenvalue weighted by molar-refractivity contribution is -0.113. The fourth-order valence-electron chi connectivity index (χ4n) is 2.57. The van der Waals surface area contributed by atoms with Crippen LogP contribution in [0.15, 0.2) is 58.2 Å². The number of halogens is 1. The second-order valence-corrected chi connectivity index (χ2v) is 8.04. The highest BCUT2D eigenvalue weighted by Crippen LogP contribution is 2.19. The molecule has 3 aromatic rings. The number of thioether (sulfide) groups is 1. The van der Waals surface area contributed by atoms with Gasteiger partial charge in [-0.25, -0.2) is 0 Å². The van der Waals surface area contributed by atoms with Crippen LogP contribution in [0.5, 0.6) is 5.75 Å². The molecular formula is C20H20BrN5O3S. The van der Waals surface area contributed by atoms with E-state index in [-0.39, 0.29) is 24.1 Å². The SMILES string of the molecule is COc1ccccc1C(=O)NCc1nnc(SCC(=O)Nc2ccc(Br)cc2)n1C. The van der Waals surface area contributed by atoms with Crippen LogP contribution in [0.4, 0.5) is 5.69 Å². The molecule has 0 radical (unpaired) electrons. The molecule has 156 valence electrons. The van der Waals surface area contributed by atoms with E-state index in [4.69, 9.17) is 4.74 Å². The van der Waals surface area contributed by atoms with Gasteiger partial charge in [0.25, 0.3) is 5.91 Å². The van der Waals surface area contributed by atoms with Crippen molar-refractivity contribution in [2.24, 2.45) is 7.05 Å². The molecule has 30 heavy (non-hydrogen) atoms. The number of carbonyl (C=O) groups excluding carboxylic acids is 2. The minimum absolute atomic E-state index is 0.142. The molecule has 2 aromatic carbocycles. The molecule has 0 fully saturated rings. The number of hydrogen-bond donors (Lipinski definition) is 2. The predicted octanol–water partition coefficient (Wildman–Crippen LogP) is 3.25. The summed E-state index contributed by atoms with van der Waals surface area (Å²) in [6, 6.07) is 14.3. The van der Waals surface area contributed by atoms with E-state index in [0.29, 0.717) is 22.3 Å². The van der Waals surface area contributed by atoms with Crippen molar-refractivity contribution in [3.63, 3.8) is 0 Å². The minimum atomic E-state index is -0.265. The average Bonchev–Trinajstić information content (AvgIpc) is 3.11. The Bertz CT molecular complexity index is 1040. The Kier molecular flexibility index (Phi) is 7.47. The Morgan fingerprint density at radius 1 is 1.13 bits per heavy atom. The maximum absolute atomic E-state index is 12.4. The lowest BCUT2D eigenvalue weighted by Gasteiger charge is -2.09. The van der Waals surface area contributed by atoms with Crippen LogP contribution >= 0.6 is 27.7 Å². The van der Waals surface area contributed by atoms with Crippen LogP contribution in [0, 0.1) is 0 Å². The average molecular weight is 490 g/mol. The Balaban J connectivity index is 1.53. The van der Waals surface area contributed by atoms with Gasteiger partial charge >= 0.3 is 0 Å². The van der Waals surface area contributed by atoms with Gasteiger partial charge in [0.15, 0.2) is 11.0 Å². The molecule has 1 heterocycles. The first-order valence-corrected chi connectivity index (χ1v) is 10.7. The van der Waals surface area contributed by atoms with Gasteiger partial charge in [0, 0.05) is 17.2 Å². The summed E-state index contributed by atoms with van der Waals surface area (Å²) in [5, 5.41) is 14.4. The van der Waals surface area contributed by atoms with E-state index >= 15 is 0 Å². The van der Waals surface area contributed by atoms with Gasteiger partial charge < -0.3 is 19.9 Å². The van der Waals surface area contributed by atoms with Crippen molar-refractivity contribution in [2.45, 2.75) is 11.7 Å². The quantitative estimate of drug-likeness (QED) is 0.471. The molecular weight excluding hydrogens is 470 g/mol. The molecule has 1 aromatic heterocycles. The second kappa shape index (κ2) is 10.3. The number of carbonyl (C=O) groups is 2. The molecule has 0 aliphatic carbocycles. The van der Waals surface area contributed by atoms with E-state index in [2.05, 4.69) is 36.8 Å². The monoisotopic (exact) mass is 489 g/mol. The number of amides is 2. The highest BCUT2D eigenvalue weighted by atomic mass is 79.9. The Morgan fingerprint density at radius 2 is 1.87 bits per heavy atom. The molecule has 0 bridgehead atoms. The highest BCUT2D eigenvalue weighted by Gasteiger charge is 2.15. The zero-order valence-electron chi connectivity index (χ0n) is 16.4. The number of ether oxygens (including phenoxy) is 1. The fourth-order valence-corrected chi connectivity index (χ4v) is 3.57. The van der Waals surface area contributed by atoms with E-state index in [1.54, 1.807) is 35.9 Å². The summed E-state index contributed by atoms with van der Waals surface area (Å²) in [5.74, 6) is 0.861. The van der Waals surface area contributed by atoms with Gasteiger partial charge in [0.1, 0.15) is 5.75 Å². The highest BCUT2D eigenvalue weighted by molar-refractivity contribution is 9.10. The smallest absolute Gasteiger partial charge is 0.255 e. The number of rotatable bonds is 8. The summed E-state index contributed by atoms with van der Waals surface area (Å²) < 4.78 is 7.91. The molecule has 8 nitrogen and oxygen atoms in total. The summed E-state index contributed by atoms with van der Waals surface area (Å²) in [4.78, 5) is 24.6. The van der Waals surface area contributed by atoms with Crippen LogP contribution in [-0.4, -0.2) is 39.4 Å². The van der Waals surface area contributed by atoms with Crippen molar-refractivity contribution in [2.75, 3.05) is 18.2 Å². The minimum Gasteiger partial charge on any atom is -0.496 e. The van der Waals surface area contributed by atoms with E-state index in [1.807, 2.05) is 24.3 Å². The maximum Gasteiger partial charge on any atom is 0.255 e. The standard InChI is InChI=1S/C20H20BrN5O3S/c1-26-17(11-22-19(28)15-5-3-4-6-16(15)29-2)24-25-20(26)30-12-18(27)23-14-9-7-13(21)8-10-14/h3-10H,11-12H2,1-2H3,(H,22,28)(H,23,27). The van der Waals surface area contributed by atoms with E-state index in [1.165, 1.54) is 18.9 Å². The first-order chi connectivity index (χ1) is 14.5. The molecule has 0 atom stereocenters. The number of hydrogen-bond acceptors (Lipinski definition) is 6. The van der Waals surface area contributed by atoms with Crippen LogP contribution in [0.25, 0.3) is 0 Å². The van der Waals surface area contributed by atoms with Crippen molar-refractivity contribution < 1.29 is 14.3 Å². The number of aromatic nitrogens is 3. The third kappa shape index (κ3) is 5.61. The van der Waals surface area contributed by atoms with Crippen molar-refractivity contribution in [3.05, 3.63) is 64.4 Å². The predicted molar refractivity (Wildman–Crippen MR) is 119 cm³/mol. The van der Waals surface area contributed by atoms with Crippen LogP contribution in [0.1, 0.15) is 16.2 Å². The van der Waals surface area contributed by atoms with Crippen molar-refractivity contribution in [1.29, 1.82) is 0 Å². The van der Waals surface area contributed by atoms with Gasteiger partial charge in [0.2, 0.25) is 5.91 Å². The topological polar surface area (TPSA) is 98.1 Å². The lowest BCUT2D eigenvalue weighted by Crippen LogP contribution is -2.25. The molecule has 2 amide bonds. The summed E-state index contributed by atoms with van der Waals surface area (Å²) in [7, 11) is 3.31. The molecule has 0 saturated carbocycles. The summed E-state index contributed by atoms with van der Waals surface area (Å²) >= 11 is 4.63. The molecule has 0 aliphatic heterocycles. The summed E-state index contributed by atoms with van der Waals surface area (Å²) in [6.45, 7) is 0.200. The molecule has 3 rings (SSSR count). The Hall–Kier alpha value is -2.85.